The molecule has 146 valence electrons. The monoisotopic (exact) mass is 396 g/mol. The van der Waals surface area contributed by atoms with Gasteiger partial charge in [-0.3, -0.25) is 9.59 Å². The molecule has 7 heteroatoms. The van der Waals surface area contributed by atoms with Crippen molar-refractivity contribution >= 4 is 34.2 Å². The van der Waals surface area contributed by atoms with Crippen LogP contribution in [-0.2, 0) is 31.2 Å². The summed E-state index contributed by atoms with van der Waals surface area (Å²) in [5, 5.41) is 3.06. The van der Waals surface area contributed by atoms with E-state index in [-0.39, 0.29) is 17.7 Å². The Morgan fingerprint density at radius 3 is 2.86 bits per heavy atom. The lowest BCUT2D eigenvalue weighted by Crippen LogP contribution is -2.34. The van der Waals surface area contributed by atoms with Gasteiger partial charge in [0.25, 0.3) is 5.91 Å². The van der Waals surface area contributed by atoms with Crippen LogP contribution in [0.3, 0.4) is 0 Å². The number of amides is 2. The number of carbonyl (C=O) groups excluding carboxylic acids is 2. The van der Waals surface area contributed by atoms with Crippen LogP contribution in [0.15, 0.2) is 30.3 Å². The molecule has 0 saturated heterocycles. The highest BCUT2D eigenvalue weighted by Crippen LogP contribution is 2.33. The average Bonchev–Trinajstić information content (AvgIpc) is 3.26. The van der Waals surface area contributed by atoms with Crippen molar-refractivity contribution < 1.29 is 9.59 Å². The molecule has 0 fully saturated rings. The zero-order chi connectivity index (χ0) is 19.8. The maximum Gasteiger partial charge on any atom is 0.263 e. The summed E-state index contributed by atoms with van der Waals surface area (Å²) in [5.41, 5.74) is 3.14. The molecule has 1 atom stereocenters. The second-order valence-corrected chi connectivity index (χ2v) is 8.63. The molecule has 28 heavy (non-hydrogen) atoms. The normalized spacial score (nSPS) is 16.0. The summed E-state index contributed by atoms with van der Waals surface area (Å²) in [6.07, 6.45) is 2.36. The highest BCUT2D eigenvalue weighted by Gasteiger charge is 2.27. The summed E-state index contributed by atoms with van der Waals surface area (Å²) in [6, 6.07) is 9.93. The molecule has 0 unspecified atom stereocenters. The Bertz CT molecular complexity index is 1050. The second-order valence-electron chi connectivity index (χ2n) is 7.49. The summed E-state index contributed by atoms with van der Waals surface area (Å²) in [5.74, 6) is 0.881. The van der Waals surface area contributed by atoms with Crippen LogP contribution in [0, 0.1) is 5.92 Å². The molecular weight excluding hydrogens is 372 g/mol. The molecule has 2 amide bonds. The topological polar surface area (TPSA) is 67.2 Å². The smallest absolute Gasteiger partial charge is 0.263 e. The molecular formula is C21H24N4O2S. The van der Waals surface area contributed by atoms with E-state index in [2.05, 4.69) is 10.3 Å². The van der Waals surface area contributed by atoms with E-state index in [1.807, 2.05) is 41.9 Å². The number of hydrogen-bond acceptors (Lipinski definition) is 4. The summed E-state index contributed by atoms with van der Waals surface area (Å²) in [4.78, 5) is 33.1. The molecule has 2 heterocycles. The first-order valence-electron chi connectivity index (χ1n) is 9.45. The molecule has 6 nitrogen and oxygen atoms in total. The predicted molar refractivity (Wildman–Crippen MR) is 110 cm³/mol. The van der Waals surface area contributed by atoms with Crippen LogP contribution >= 0.6 is 11.3 Å². The third-order valence-electron chi connectivity index (χ3n) is 5.37. The number of rotatable bonds is 4. The highest BCUT2D eigenvalue weighted by molar-refractivity contribution is 7.14. The molecule has 3 aromatic rings. The Hall–Kier alpha value is -2.67. The summed E-state index contributed by atoms with van der Waals surface area (Å²) in [7, 11) is 5.50. The van der Waals surface area contributed by atoms with Crippen molar-refractivity contribution in [1.82, 2.24) is 19.8 Å². The number of carbonyl (C=O) groups is 2. The molecule has 0 spiro atoms. The van der Waals surface area contributed by atoms with Crippen LogP contribution in [0.4, 0.5) is 0 Å². The van der Waals surface area contributed by atoms with Gasteiger partial charge in [0.2, 0.25) is 5.91 Å². The van der Waals surface area contributed by atoms with Gasteiger partial charge in [0.1, 0.15) is 5.82 Å². The lowest BCUT2D eigenvalue weighted by Gasteiger charge is -2.21. The van der Waals surface area contributed by atoms with E-state index in [0.717, 1.165) is 40.1 Å². The van der Waals surface area contributed by atoms with Crippen LogP contribution in [0.25, 0.3) is 11.0 Å². The fraction of sp³-hybridized carbons (Fsp3) is 0.381. The Labute approximate surface area is 168 Å². The van der Waals surface area contributed by atoms with Gasteiger partial charge in [-0.05, 0) is 43.0 Å². The minimum Gasteiger partial charge on any atom is -0.349 e. The maximum absolute atomic E-state index is 12.7. The second kappa shape index (κ2) is 7.39. The number of aromatic nitrogens is 2. The van der Waals surface area contributed by atoms with E-state index < -0.39 is 0 Å². The largest absolute Gasteiger partial charge is 0.349 e. The van der Waals surface area contributed by atoms with Crippen molar-refractivity contribution in [3.05, 3.63) is 51.5 Å². The molecule has 2 aromatic heterocycles. The minimum absolute atomic E-state index is 0.0299. The summed E-state index contributed by atoms with van der Waals surface area (Å²) < 4.78 is 2.02. The maximum atomic E-state index is 12.7. The number of hydrogen-bond donors (Lipinski definition) is 1. The van der Waals surface area contributed by atoms with Crippen LogP contribution in [-0.4, -0.2) is 40.4 Å². The van der Waals surface area contributed by atoms with Gasteiger partial charge in [0, 0.05) is 31.9 Å². The highest BCUT2D eigenvalue weighted by atomic mass is 32.1. The number of para-hydroxylation sites is 2. The first-order valence-corrected chi connectivity index (χ1v) is 10.3. The quantitative estimate of drug-likeness (QED) is 0.737. The molecule has 0 radical (unpaired) electrons. The fourth-order valence-corrected chi connectivity index (χ4v) is 4.97. The van der Waals surface area contributed by atoms with E-state index in [1.54, 1.807) is 30.3 Å². The van der Waals surface area contributed by atoms with Crippen molar-refractivity contribution in [1.29, 1.82) is 0 Å². The fourth-order valence-electron chi connectivity index (χ4n) is 3.74. The number of nitrogens with one attached hydrogen (secondary N) is 1. The molecule has 1 aliphatic rings. The Kier molecular flexibility index (Phi) is 4.93. The lowest BCUT2D eigenvalue weighted by molar-refractivity contribution is -0.125. The third kappa shape index (κ3) is 3.42. The van der Waals surface area contributed by atoms with Gasteiger partial charge in [0.05, 0.1) is 22.5 Å². The number of aryl methyl sites for hydroxylation is 2. The first-order chi connectivity index (χ1) is 13.4. The third-order valence-corrected chi connectivity index (χ3v) is 6.60. The molecule has 1 aromatic carbocycles. The van der Waals surface area contributed by atoms with Gasteiger partial charge >= 0.3 is 0 Å². The van der Waals surface area contributed by atoms with E-state index in [1.165, 1.54) is 4.88 Å². The van der Waals surface area contributed by atoms with E-state index >= 15 is 0 Å². The van der Waals surface area contributed by atoms with Gasteiger partial charge in [-0.2, -0.15) is 0 Å². The van der Waals surface area contributed by atoms with Gasteiger partial charge in [-0.1, -0.05) is 12.1 Å². The van der Waals surface area contributed by atoms with Crippen LogP contribution in [0.1, 0.15) is 32.4 Å². The molecule has 0 aliphatic heterocycles. The Morgan fingerprint density at radius 2 is 2.11 bits per heavy atom. The number of imidazole rings is 1. The van der Waals surface area contributed by atoms with Crippen LogP contribution < -0.4 is 5.32 Å². The molecule has 4 rings (SSSR count). The molecule has 1 aliphatic carbocycles. The number of thiophene rings is 1. The predicted octanol–water partition coefficient (Wildman–Crippen LogP) is 2.76. The zero-order valence-electron chi connectivity index (χ0n) is 16.4. The van der Waals surface area contributed by atoms with Crippen molar-refractivity contribution in [3.63, 3.8) is 0 Å². The van der Waals surface area contributed by atoms with Crippen molar-refractivity contribution in [2.24, 2.45) is 13.0 Å². The van der Waals surface area contributed by atoms with Crippen molar-refractivity contribution in [3.8, 4) is 0 Å². The standard InChI is InChI=1S/C21H24N4O2S/c1-24(2)21(27)18-11-14-10-13(8-9-17(14)28-18)20(26)22-12-19-23-15-6-4-5-7-16(15)25(19)3/h4-7,11,13H,8-10,12H2,1-3H3,(H,22,26)/t13-/m0/s1. The van der Waals surface area contributed by atoms with Gasteiger partial charge in [-0.25, -0.2) is 4.98 Å². The molecule has 1 N–H and O–H groups in total. The molecule has 0 saturated carbocycles. The number of benzene rings is 1. The Morgan fingerprint density at radius 1 is 1.32 bits per heavy atom. The summed E-state index contributed by atoms with van der Waals surface area (Å²) in [6.45, 7) is 0.418. The lowest BCUT2D eigenvalue weighted by atomic mass is 9.88. The van der Waals surface area contributed by atoms with E-state index in [4.69, 9.17) is 0 Å². The van der Waals surface area contributed by atoms with Gasteiger partial charge in [-0.15, -0.1) is 11.3 Å². The minimum atomic E-state index is -0.0564. The molecule has 0 bridgehead atoms. The zero-order valence-corrected chi connectivity index (χ0v) is 17.2. The number of nitrogens with zero attached hydrogens (tertiary/aromatic N) is 3. The van der Waals surface area contributed by atoms with Crippen molar-refractivity contribution in [2.75, 3.05) is 14.1 Å². The van der Waals surface area contributed by atoms with Crippen LogP contribution in [0.2, 0.25) is 0 Å². The van der Waals surface area contributed by atoms with Crippen molar-refractivity contribution in [2.45, 2.75) is 25.8 Å². The summed E-state index contributed by atoms with van der Waals surface area (Å²) >= 11 is 1.56. The first kappa shape index (κ1) is 18.7. The SMILES string of the molecule is CN(C)C(=O)c1cc2c(s1)CC[C@H](C(=O)NCc1nc3ccccc3n1C)C2. The van der Waals surface area contributed by atoms with Gasteiger partial charge in [0.15, 0.2) is 0 Å². The van der Waals surface area contributed by atoms with Gasteiger partial charge < -0.3 is 14.8 Å². The number of fused-ring (bicyclic) bond motifs is 2. The average molecular weight is 397 g/mol. The Balaban J connectivity index is 1.42. The van der Waals surface area contributed by atoms with E-state index in [9.17, 15) is 9.59 Å². The van der Waals surface area contributed by atoms with Crippen LogP contribution in [0.5, 0.6) is 0 Å². The van der Waals surface area contributed by atoms with E-state index in [0.29, 0.717) is 13.0 Å².